The first-order valence-electron chi connectivity index (χ1n) is 8.31. The highest BCUT2D eigenvalue weighted by atomic mass is 16.5. The fourth-order valence-electron chi connectivity index (χ4n) is 3.17. The summed E-state index contributed by atoms with van der Waals surface area (Å²) < 4.78 is 5.16. The van der Waals surface area contributed by atoms with Crippen molar-refractivity contribution in [2.24, 2.45) is 0 Å². The Hall–Kier alpha value is -3.93. The number of carboxylic acid groups (broad SMARTS) is 2. The van der Waals surface area contributed by atoms with Gasteiger partial charge in [-0.05, 0) is 34.9 Å². The molecule has 3 aromatic rings. The van der Waals surface area contributed by atoms with Gasteiger partial charge in [-0.25, -0.2) is 14.4 Å². The Kier molecular flexibility index (Phi) is 4.96. The maximum Gasteiger partial charge on any atom is 0.340 e. The lowest BCUT2D eigenvalue weighted by molar-refractivity contribution is -0.129. The summed E-state index contributed by atoms with van der Waals surface area (Å²) in [7, 11) is 0. The second-order valence-corrected chi connectivity index (χ2v) is 6.08. The lowest BCUT2D eigenvalue weighted by atomic mass is 9.88. The second-order valence-electron chi connectivity index (χ2n) is 6.08. The average molecular weight is 376 g/mol. The number of aromatic carboxylic acids is 2. The van der Waals surface area contributed by atoms with Gasteiger partial charge >= 0.3 is 17.9 Å². The van der Waals surface area contributed by atoms with Crippen LogP contribution in [0.4, 0.5) is 0 Å². The smallest absolute Gasteiger partial charge is 0.340 e. The fourth-order valence-corrected chi connectivity index (χ4v) is 3.17. The molecular weight excluding hydrogens is 360 g/mol. The van der Waals surface area contributed by atoms with E-state index < -0.39 is 17.9 Å². The normalized spacial score (nSPS) is 10.5. The number of hydrogen-bond acceptors (Lipinski definition) is 4. The van der Waals surface area contributed by atoms with E-state index in [1.54, 1.807) is 24.3 Å². The van der Waals surface area contributed by atoms with Crippen molar-refractivity contribution in [3.05, 3.63) is 77.9 Å². The van der Waals surface area contributed by atoms with Gasteiger partial charge in [-0.3, -0.25) is 0 Å². The van der Waals surface area contributed by atoms with Gasteiger partial charge in [0.2, 0.25) is 0 Å². The number of ether oxygens (including phenoxy) is 1. The van der Waals surface area contributed by atoms with Crippen LogP contribution in [0.25, 0.3) is 21.9 Å². The van der Waals surface area contributed by atoms with E-state index in [-0.39, 0.29) is 28.0 Å². The van der Waals surface area contributed by atoms with Crippen molar-refractivity contribution in [2.45, 2.75) is 6.92 Å². The van der Waals surface area contributed by atoms with Gasteiger partial charge in [-0.1, -0.05) is 49.0 Å². The minimum Gasteiger partial charge on any atom is -0.478 e. The first-order chi connectivity index (χ1) is 13.3. The zero-order valence-corrected chi connectivity index (χ0v) is 14.9. The molecule has 0 fully saturated rings. The third-order valence-corrected chi connectivity index (χ3v) is 4.34. The van der Waals surface area contributed by atoms with Crippen LogP contribution in [0, 0.1) is 6.92 Å². The minimum atomic E-state index is -1.40. The van der Waals surface area contributed by atoms with Crippen molar-refractivity contribution >= 4 is 28.7 Å². The van der Waals surface area contributed by atoms with Crippen molar-refractivity contribution in [3.8, 4) is 16.9 Å². The zero-order valence-electron chi connectivity index (χ0n) is 14.9. The van der Waals surface area contributed by atoms with Gasteiger partial charge in [-0.2, -0.15) is 0 Å². The maximum atomic E-state index is 12.1. The Balaban J connectivity index is 2.49. The molecule has 0 saturated carbocycles. The van der Waals surface area contributed by atoms with Crippen molar-refractivity contribution in [3.63, 3.8) is 0 Å². The first-order valence-corrected chi connectivity index (χ1v) is 8.31. The molecule has 0 heterocycles. The average Bonchev–Trinajstić information content (AvgIpc) is 2.68. The third-order valence-electron chi connectivity index (χ3n) is 4.34. The molecular formula is C22H16O6. The molecule has 0 spiro atoms. The van der Waals surface area contributed by atoms with Gasteiger partial charge < -0.3 is 14.9 Å². The molecule has 2 N–H and O–H groups in total. The number of rotatable bonds is 5. The summed E-state index contributed by atoms with van der Waals surface area (Å²) in [6, 6.07) is 13.7. The molecule has 0 aliphatic carbocycles. The van der Waals surface area contributed by atoms with Crippen LogP contribution in [-0.2, 0) is 4.79 Å². The predicted octanol–water partition coefficient (Wildman–Crippen LogP) is 4.30. The predicted molar refractivity (Wildman–Crippen MR) is 104 cm³/mol. The van der Waals surface area contributed by atoms with E-state index in [0.29, 0.717) is 10.9 Å². The van der Waals surface area contributed by atoms with Crippen LogP contribution in [0.1, 0.15) is 26.3 Å². The summed E-state index contributed by atoms with van der Waals surface area (Å²) in [5.74, 6) is -3.72. The van der Waals surface area contributed by atoms with E-state index in [1.165, 1.54) is 13.0 Å². The Morgan fingerprint density at radius 2 is 1.68 bits per heavy atom. The van der Waals surface area contributed by atoms with E-state index in [2.05, 4.69) is 6.58 Å². The summed E-state index contributed by atoms with van der Waals surface area (Å²) in [6.45, 7) is 4.80. The Morgan fingerprint density at radius 3 is 2.32 bits per heavy atom. The number of hydrogen-bond donors (Lipinski definition) is 2. The summed E-state index contributed by atoms with van der Waals surface area (Å²) in [5.41, 5.74) is 0.0423. The van der Waals surface area contributed by atoms with Crippen LogP contribution >= 0.6 is 0 Å². The summed E-state index contributed by atoms with van der Waals surface area (Å²) in [5, 5.41) is 21.1. The number of benzene rings is 3. The molecule has 0 aliphatic rings. The molecule has 0 aromatic heterocycles. The lowest BCUT2D eigenvalue weighted by Gasteiger charge is -2.18. The molecule has 3 aromatic carbocycles. The molecule has 28 heavy (non-hydrogen) atoms. The molecule has 0 amide bonds. The number of aryl methyl sites for hydroxylation is 1. The van der Waals surface area contributed by atoms with Crippen molar-refractivity contribution in [1.29, 1.82) is 0 Å². The van der Waals surface area contributed by atoms with Gasteiger partial charge in [0, 0.05) is 11.6 Å². The first kappa shape index (κ1) is 18.8. The number of carbonyl (C=O) groups is 3. The SMILES string of the molecule is C=CC(=O)Oc1c(C)cc(C(=O)O)c(-c2cccc3ccccc23)c1C(=O)O. The molecule has 0 radical (unpaired) electrons. The Labute approximate surface area is 160 Å². The van der Waals surface area contributed by atoms with E-state index in [4.69, 9.17) is 4.74 Å². The summed E-state index contributed by atoms with van der Waals surface area (Å²) in [4.78, 5) is 35.8. The molecule has 3 rings (SSSR count). The summed E-state index contributed by atoms with van der Waals surface area (Å²) in [6.07, 6.45) is 0.910. The molecule has 0 bridgehead atoms. The van der Waals surface area contributed by atoms with Gasteiger partial charge in [0.05, 0.1) is 5.56 Å². The monoisotopic (exact) mass is 376 g/mol. The van der Waals surface area contributed by atoms with Crippen LogP contribution in [0.3, 0.4) is 0 Å². The molecule has 0 aliphatic heterocycles. The topological polar surface area (TPSA) is 101 Å². The summed E-state index contributed by atoms with van der Waals surface area (Å²) >= 11 is 0. The van der Waals surface area contributed by atoms with Crippen LogP contribution in [0.15, 0.2) is 61.2 Å². The molecule has 0 unspecified atom stereocenters. The van der Waals surface area contributed by atoms with E-state index in [9.17, 15) is 24.6 Å². The van der Waals surface area contributed by atoms with Crippen molar-refractivity contribution in [2.75, 3.05) is 0 Å². The third kappa shape index (κ3) is 3.23. The van der Waals surface area contributed by atoms with Gasteiger partial charge in [0.1, 0.15) is 11.3 Å². The quantitative estimate of drug-likeness (QED) is 0.391. The van der Waals surface area contributed by atoms with Crippen LogP contribution in [0.5, 0.6) is 5.75 Å². The van der Waals surface area contributed by atoms with Crippen molar-refractivity contribution in [1.82, 2.24) is 0 Å². The highest BCUT2D eigenvalue weighted by Crippen LogP contribution is 2.40. The second kappa shape index (κ2) is 7.36. The van der Waals surface area contributed by atoms with Crippen molar-refractivity contribution < 1.29 is 29.3 Å². The molecule has 0 saturated heterocycles. The Morgan fingerprint density at radius 1 is 1.00 bits per heavy atom. The Bertz CT molecular complexity index is 1140. The molecule has 6 heteroatoms. The van der Waals surface area contributed by atoms with Gasteiger partial charge in [0.15, 0.2) is 0 Å². The minimum absolute atomic E-state index is 0.0192. The van der Waals surface area contributed by atoms with E-state index >= 15 is 0 Å². The fraction of sp³-hybridized carbons (Fsp3) is 0.0455. The molecule has 0 atom stereocenters. The van der Waals surface area contributed by atoms with Gasteiger partial charge in [-0.15, -0.1) is 0 Å². The molecule has 140 valence electrons. The highest BCUT2D eigenvalue weighted by Gasteiger charge is 2.28. The number of carbonyl (C=O) groups excluding carboxylic acids is 1. The molecule has 6 nitrogen and oxygen atoms in total. The van der Waals surface area contributed by atoms with E-state index in [0.717, 1.165) is 11.5 Å². The zero-order chi connectivity index (χ0) is 20.4. The van der Waals surface area contributed by atoms with Crippen LogP contribution in [0.2, 0.25) is 0 Å². The lowest BCUT2D eigenvalue weighted by Crippen LogP contribution is -2.14. The van der Waals surface area contributed by atoms with Crippen LogP contribution in [-0.4, -0.2) is 28.1 Å². The number of fused-ring (bicyclic) bond motifs is 1. The van der Waals surface area contributed by atoms with E-state index in [1.807, 2.05) is 18.2 Å². The van der Waals surface area contributed by atoms with Gasteiger partial charge in [0.25, 0.3) is 0 Å². The largest absolute Gasteiger partial charge is 0.478 e. The number of esters is 1. The maximum absolute atomic E-state index is 12.1. The van der Waals surface area contributed by atoms with Crippen LogP contribution < -0.4 is 4.74 Å². The highest BCUT2D eigenvalue weighted by molar-refractivity contribution is 6.12. The standard InChI is InChI=1S/C22H16O6/c1-3-17(23)28-20-12(2)11-16(21(24)25)18(19(20)22(26)27)15-10-6-8-13-7-4-5-9-14(13)15/h3-11H,1H2,2H3,(H,24,25)(H,26,27). The number of carboxylic acids is 2.